The second kappa shape index (κ2) is 10.1. The summed E-state index contributed by atoms with van der Waals surface area (Å²) < 4.78 is 43.5. The maximum Gasteiger partial charge on any atom is 0.419 e. The number of likely N-dealkylation sites (tertiary alicyclic amines) is 1. The summed E-state index contributed by atoms with van der Waals surface area (Å²) in [5.41, 5.74) is 4.87. The summed E-state index contributed by atoms with van der Waals surface area (Å²) in [4.78, 5) is 23.9. The van der Waals surface area contributed by atoms with Gasteiger partial charge in [0, 0.05) is 44.5 Å². The number of aliphatic hydroxyl groups excluding tert-OH is 1. The van der Waals surface area contributed by atoms with Crippen LogP contribution >= 0.6 is 12.4 Å². The smallest absolute Gasteiger partial charge is 0.392 e. The first-order valence-electron chi connectivity index (χ1n) is 9.66. The van der Waals surface area contributed by atoms with Gasteiger partial charge in [0.1, 0.15) is 6.10 Å². The highest BCUT2D eigenvalue weighted by molar-refractivity contribution is 5.85. The highest BCUT2D eigenvalue weighted by Crippen LogP contribution is 2.29. The number of hydrogen-bond donors (Lipinski definition) is 2. The van der Waals surface area contributed by atoms with Crippen LogP contribution in [0.3, 0.4) is 0 Å². The fraction of sp³-hybridized carbons (Fsp3) is 0.722. The molecule has 2 aliphatic rings. The topological polar surface area (TPSA) is 105 Å². The molecular weight excluding hydrogens is 427 g/mol. The fourth-order valence-electron chi connectivity index (χ4n) is 3.57. The van der Waals surface area contributed by atoms with E-state index in [4.69, 9.17) is 10.5 Å². The number of halogens is 4. The van der Waals surface area contributed by atoms with Crippen molar-refractivity contribution < 1.29 is 27.8 Å². The van der Waals surface area contributed by atoms with Crippen LogP contribution in [0.1, 0.15) is 31.7 Å². The molecule has 12 heteroatoms. The molecule has 8 nitrogen and oxygen atoms in total. The number of rotatable bonds is 6. The van der Waals surface area contributed by atoms with Crippen molar-refractivity contribution in [3.8, 4) is 0 Å². The SMILES string of the molecule is C[C@@H](O)[C@H](N)COC1CCN(C2CCN(c3ncc(C(F)(F)F)cn3)CC2)C1=O.Cl. The first kappa shape index (κ1) is 24.6. The van der Waals surface area contributed by atoms with E-state index in [0.717, 1.165) is 12.4 Å². The zero-order valence-corrected chi connectivity index (χ0v) is 17.4. The molecule has 30 heavy (non-hydrogen) atoms. The quantitative estimate of drug-likeness (QED) is 0.667. The lowest BCUT2D eigenvalue weighted by atomic mass is 10.0. The Morgan fingerprint density at radius 2 is 1.83 bits per heavy atom. The third kappa shape index (κ3) is 5.71. The molecule has 1 aromatic rings. The number of anilines is 1. The minimum atomic E-state index is -4.46. The van der Waals surface area contributed by atoms with Gasteiger partial charge in [0.25, 0.3) is 5.91 Å². The summed E-state index contributed by atoms with van der Waals surface area (Å²) in [5.74, 6) is 0.185. The summed E-state index contributed by atoms with van der Waals surface area (Å²) in [6.07, 6.45) is -2.20. The molecule has 3 heterocycles. The molecule has 3 N–H and O–H groups in total. The van der Waals surface area contributed by atoms with Crippen LogP contribution in [0.5, 0.6) is 0 Å². The van der Waals surface area contributed by atoms with Crippen molar-refractivity contribution in [1.82, 2.24) is 14.9 Å². The first-order valence-corrected chi connectivity index (χ1v) is 9.66. The molecule has 0 aromatic carbocycles. The highest BCUT2D eigenvalue weighted by Gasteiger charge is 2.38. The van der Waals surface area contributed by atoms with Crippen LogP contribution in [0.15, 0.2) is 12.4 Å². The van der Waals surface area contributed by atoms with E-state index in [2.05, 4.69) is 9.97 Å². The van der Waals surface area contributed by atoms with Crippen molar-refractivity contribution in [2.75, 3.05) is 31.1 Å². The lowest BCUT2D eigenvalue weighted by molar-refractivity contribution is -0.140. The number of piperidine rings is 1. The van der Waals surface area contributed by atoms with Crippen LogP contribution in [0.2, 0.25) is 0 Å². The van der Waals surface area contributed by atoms with Crippen molar-refractivity contribution in [3.63, 3.8) is 0 Å². The van der Waals surface area contributed by atoms with Crippen LogP contribution in [0.25, 0.3) is 0 Å². The fourth-order valence-corrected chi connectivity index (χ4v) is 3.57. The largest absolute Gasteiger partial charge is 0.419 e. The molecule has 1 aromatic heterocycles. The number of hydrogen-bond acceptors (Lipinski definition) is 7. The Bertz CT molecular complexity index is 699. The zero-order valence-electron chi connectivity index (χ0n) is 16.6. The molecule has 1 amide bonds. The van der Waals surface area contributed by atoms with Crippen molar-refractivity contribution in [2.45, 2.75) is 56.7 Å². The molecule has 2 aliphatic heterocycles. The zero-order chi connectivity index (χ0) is 21.2. The maximum absolute atomic E-state index is 12.6. The van der Waals surface area contributed by atoms with E-state index in [1.807, 2.05) is 9.80 Å². The van der Waals surface area contributed by atoms with Gasteiger partial charge in [-0.15, -0.1) is 12.4 Å². The standard InChI is InChI=1S/C18H26F3N5O3.ClH/c1-11(27)14(22)10-29-15-4-7-26(16(15)28)13-2-5-25(6-3-13)17-23-8-12(9-24-17)18(19,20)21;/h8-9,11,13-15,27H,2-7,10,22H2,1H3;1H/t11-,14-,15?;/m1./s1. The molecule has 0 aliphatic carbocycles. The van der Waals surface area contributed by atoms with Gasteiger partial charge < -0.3 is 25.4 Å². The number of nitrogens with two attached hydrogens (primary N) is 1. The molecule has 0 bridgehead atoms. The number of nitrogens with zero attached hydrogens (tertiary/aromatic N) is 4. The van der Waals surface area contributed by atoms with Crippen LogP contribution in [-0.2, 0) is 15.7 Å². The lowest BCUT2D eigenvalue weighted by Gasteiger charge is -2.36. The number of amides is 1. The summed E-state index contributed by atoms with van der Waals surface area (Å²) in [6, 6.07) is -0.490. The average molecular weight is 454 g/mol. The third-order valence-corrected chi connectivity index (χ3v) is 5.45. The Morgan fingerprint density at radius 1 is 1.23 bits per heavy atom. The number of carbonyl (C=O) groups excluding carboxylic acids is 1. The van der Waals surface area contributed by atoms with Crippen molar-refractivity contribution in [2.24, 2.45) is 5.73 Å². The predicted molar refractivity (Wildman–Crippen MR) is 105 cm³/mol. The van der Waals surface area contributed by atoms with Gasteiger partial charge >= 0.3 is 6.18 Å². The summed E-state index contributed by atoms with van der Waals surface area (Å²) in [6.45, 7) is 3.39. The third-order valence-electron chi connectivity index (χ3n) is 5.45. The highest BCUT2D eigenvalue weighted by atomic mass is 35.5. The van der Waals surface area contributed by atoms with Crippen LogP contribution in [0.4, 0.5) is 19.1 Å². The molecule has 0 saturated carbocycles. The molecule has 3 rings (SSSR count). The molecular formula is C18H27ClF3N5O3. The minimum absolute atomic E-state index is 0. The molecule has 1 unspecified atom stereocenters. The van der Waals surface area contributed by atoms with E-state index in [9.17, 15) is 23.1 Å². The Labute approximate surface area is 179 Å². The van der Waals surface area contributed by atoms with Gasteiger partial charge in [0.2, 0.25) is 5.95 Å². The second-order valence-corrected chi connectivity index (χ2v) is 7.53. The molecule has 170 valence electrons. The van der Waals surface area contributed by atoms with Crippen molar-refractivity contribution >= 4 is 24.3 Å². The Kier molecular flexibility index (Phi) is 8.26. The van der Waals surface area contributed by atoms with E-state index < -0.39 is 30.0 Å². The Balaban J connectivity index is 0.00000320. The molecule has 3 atom stereocenters. The number of ether oxygens (including phenoxy) is 1. The Hall–Kier alpha value is -1.69. The molecule has 2 saturated heterocycles. The summed E-state index contributed by atoms with van der Waals surface area (Å²) in [5, 5.41) is 9.42. The first-order chi connectivity index (χ1) is 13.7. The van der Waals surface area contributed by atoms with Crippen LogP contribution in [0, 0.1) is 0 Å². The number of carbonyl (C=O) groups is 1. The predicted octanol–water partition coefficient (Wildman–Crippen LogP) is 1.21. The number of aliphatic hydroxyl groups is 1. The monoisotopic (exact) mass is 453 g/mol. The van der Waals surface area contributed by atoms with Crippen LogP contribution < -0.4 is 10.6 Å². The van der Waals surface area contributed by atoms with E-state index in [-0.39, 0.29) is 36.9 Å². The van der Waals surface area contributed by atoms with Gasteiger partial charge in [-0.25, -0.2) is 9.97 Å². The van der Waals surface area contributed by atoms with Crippen molar-refractivity contribution in [1.29, 1.82) is 0 Å². The van der Waals surface area contributed by atoms with E-state index >= 15 is 0 Å². The van der Waals surface area contributed by atoms with Gasteiger partial charge in [-0.2, -0.15) is 13.2 Å². The maximum atomic E-state index is 12.6. The normalized spacial score (nSPS) is 22.7. The van der Waals surface area contributed by atoms with Gasteiger partial charge in [-0.05, 0) is 19.8 Å². The van der Waals surface area contributed by atoms with E-state index in [1.54, 1.807) is 6.92 Å². The average Bonchev–Trinajstić information content (AvgIpc) is 3.06. The van der Waals surface area contributed by atoms with Gasteiger partial charge in [0.05, 0.1) is 24.3 Å². The van der Waals surface area contributed by atoms with Crippen LogP contribution in [-0.4, -0.2) is 76.4 Å². The second-order valence-electron chi connectivity index (χ2n) is 7.53. The number of alkyl halides is 3. The minimum Gasteiger partial charge on any atom is -0.392 e. The molecule has 2 fully saturated rings. The van der Waals surface area contributed by atoms with E-state index in [1.165, 1.54) is 0 Å². The summed E-state index contributed by atoms with van der Waals surface area (Å²) >= 11 is 0. The number of aromatic nitrogens is 2. The van der Waals surface area contributed by atoms with E-state index in [0.29, 0.717) is 38.9 Å². The van der Waals surface area contributed by atoms with Gasteiger partial charge in [-0.3, -0.25) is 4.79 Å². The van der Waals surface area contributed by atoms with Gasteiger partial charge in [0.15, 0.2) is 0 Å². The van der Waals surface area contributed by atoms with Crippen molar-refractivity contribution in [3.05, 3.63) is 18.0 Å². The lowest BCUT2D eigenvalue weighted by Crippen LogP contribution is -2.47. The summed E-state index contributed by atoms with van der Waals surface area (Å²) in [7, 11) is 0. The molecule has 0 spiro atoms. The Morgan fingerprint density at radius 3 is 2.37 bits per heavy atom. The van der Waals surface area contributed by atoms with Gasteiger partial charge in [-0.1, -0.05) is 0 Å². The molecule has 0 radical (unpaired) electrons.